The summed E-state index contributed by atoms with van der Waals surface area (Å²) in [6, 6.07) is 2.83. The van der Waals surface area contributed by atoms with Gasteiger partial charge in [0.1, 0.15) is 17.9 Å². The van der Waals surface area contributed by atoms with Gasteiger partial charge in [-0.1, -0.05) is 0 Å². The Hall–Kier alpha value is -3.06. The van der Waals surface area contributed by atoms with Gasteiger partial charge < -0.3 is 15.7 Å². The molecule has 0 spiro atoms. The zero-order chi connectivity index (χ0) is 15.1. The molecule has 0 radical (unpaired) electrons. The summed E-state index contributed by atoms with van der Waals surface area (Å²) < 4.78 is 12.9. The molecule has 0 bridgehead atoms. The van der Waals surface area contributed by atoms with Crippen LogP contribution in [-0.4, -0.2) is 23.1 Å². The average Bonchev–Trinajstić information content (AvgIpc) is 2.40. The number of benzene rings is 1. The normalized spacial score (nSPS) is 10.8. The second kappa shape index (κ2) is 6.76. The lowest BCUT2D eigenvalue weighted by molar-refractivity contribution is -0.139. The monoisotopic (exact) mass is 275 g/mol. The lowest BCUT2D eigenvalue weighted by Crippen LogP contribution is -2.42. The number of carboxylic acid groups (broad SMARTS) is 1. The summed E-state index contributed by atoms with van der Waals surface area (Å²) in [6.45, 7) is 0. The number of carbonyl (C=O) groups excluding carboxylic acids is 1. The van der Waals surface area contributed by atoms with Crippen LogP contribution in [0.1, 0.15) is 12.0 Å². The first-order valence-corrected chi connectivity index (χ1v) is 5.41. The van der Waals surface area contributed by atoms with Gasteiger partial charge in [-0.2, -0.15) is 5.26 Å². The molecule has 1 unspecified atom stereocenters. The van der Waals surface area contributed by atoms with Gasteiger partial charge in [0.05, 0.1) is 11.3 Å². The number of halogens is 1. The molecule has 3 N–H and O–H groups in total. The van der Waals surface area contributed by atoms with E-state index in [0.29, 0.717) is 0 Å². The van der Waals surface area contributed by atoms with Gasteiger partial charge in [0.15, 0.2) is 0 Å². The first kappa shape index (κ1) is 15.0. The maximum atomic E-state index is 12.9. The van der Waals surface area contributed by atoms with Crippen LogP contribution < -0.4 is 10.6 Å². The van der Waals surface area contributed by atoms with Crippen molar-refractivity contribution < 1.29 is 19.1 Å². The van der Waals surface area contributed by atoms with Crippen molar-refractivity contribution in [2.24, 2.45) is 0 Å². The Morgan fingerprint density at radius 2 is 2.20 bits per heavy atom. The minimum absolute atomic E-state index is 0.0660. The van der Waals surface area contributed by atoms with Crippen molar-refractivity contribution in [2.75, 3.05) is 5.32 Å². The van der Waals surface area contributed by atoms with Crippen LogP contribution >= 0.6 is 0 Å². The first-order valence-electron chi connectivity index (χ1n) is 5.41. The van der Waals surface area contributed by atoms with Crippen molar-refractivity contribution >= 4 is 17.7 Å². The van der Waals surface area contributed by atoms with Crippen LogP contribution in [0.5, 0.6) is 0 Å². The minimum atomic E-state index is -1.28. The van der Waals surface area contributed by atoms with Gasteiger partial charge in [-0.15, -0.1) is 12.3 Å². The number of urea groups is 1. The molecule has 7 heteroatoms. The Bertz CT molecular complexity index is 616. The Morgan fingerprint density at radius 1 is 1.50 bits per heavy atom. The number of rotatable bonds is 4. The van der Waals surface area contributed by atoms with E-state index in [2.05, 4.69) is 16.6 Å². The third-order valence-electron chi connectivity index (χ3n) is 2.28. The van der Waals surface area contributed by atoms with Gasteiger partial charge in [-0.05, 0) is 18.2 Å². The van der Waals surface area contributed by atoms with Crippen molar-refractivity contribution in [1.82, 2.24) is 5.32 Å². The topological polar surface area (TPSA) is 102 Å². The zero-order valence-corrected chi connectivity index (χ0v) is 10.2. The lowest BCUT2D eigenvalue weighted by Gasteiger charge is -2.13. The molecule has 0 fully saturated rings. The van der Waals surface area contributed by atoms with E-state index in [1.807, 2.05) is 0 Å². The van der Waals surface area contributed by atoms with E-state index in [9.17, 15) is 14.0 Å². The molecule has 0 aliphatic rings. The molecule has 2 amide bonds. The number of hydrogen-bond donors (Lipinski definition) is 3. The minimum Gasteiger partial charge on any atom is -0.480 e. The molecule has 0 saturated carbocycles. The van der Waals surface area contributed by atoms with Crippen LogP contribution in [-0.2, 0) is 4.79 Å². The van der Waals surface area contributed by atoms with Crippen LogP contribution in [0.3, 0.4) is 0 Å². The summed E-state index contributed by atoms with van der Waals surface area (Å²) in [4.78, 5) is 22.4. The zero-order valence-electron chi connectivity index (χ0n) is 10.2. The van der Waals surface area contributed by atoms with E-state index in [1.54, 1.807) is 6.07 Å². The molecule has 1 aromatic carbocycles. The number of nitriles is 1. The highest BCUT2D eigenvalue weighted by Crippen LogP contribution is 2.15. The van der Waals surface area contributed by atoms with Crippen LogP contribution in [0, 0.1) is 29.5 Å². The third-order valence-corrected chi connectivity index (χ3v) is 2.28. The average molecular weight is 275 g/mol. The van der Waals surface area contributed by atoms with Gasteiger partial charge in [-0.3, -0.25) is 0 Å². The molecule has 1 atom stereocenters. The third kappa shape index (κ3) is 4.00. The molecule has 0 saturated heterocycles. The highest BCUT2D eigenvalue weighted by molar-refractivity contribution is 5.93. The van der Waals surface area contributed by atoms with Gasteiger partial charge in [0, 0.05) is 6.42 Å². The predicted octanol–water partition coefficient (Wildman–Crippen LogP) is 1.30. The Morgan fingerprint density at radius 3 is 2.75 bits per heavy atom. The second-order valence-corrected chi connectivity index (χ2v) is 3.70. The van der Waals surface area contributed by atoms with Crippen LogP contribution in [0.4, 0.5) is 14.9 Å². The van der Waals surface area contributed by atoms with Gasteiger partial charge in [0.2, 0.25) is 0 Å². The number of carboxylic acids is 1. The molecule has 20 heavy (non-hydrogen) atoms. The Balaban J connectivity index is 2.79. The van der Waals surface area contributed by atoms with E-state index in [1.165, 1.54) is 6.07 Å². The summed E-state index contributed by atoms with van der Waals surface area (Å²) >= 11 is 0. The molecular formula is C13H10FN3O3. The first-order chi connectivity index (χ1) is 9.47. The fourth-order valence-corrected chi connectivity index (χ4v) is 1.35. The smallest absolute Gasteiger partial charge is 0.327 e. The second-order valence-electron chi connectivity index (χ2n) is 3.70. The quantitative estimate of drug-likeness (QED) is 0.720. The SMILES string of the molecule is C#CCC(NC(=O)Nc1ccc(F)cc1C#N)C(=O)O. The van der Waals surface area contributed by atoms with Crippen molar-refractivity contribution in [3.63, 3.8) is 0 Å². The number of terminal acetylenes is 1. The highest BCUT2D eigenvalue weighted by atomic mass is 19.1. The van der Waals surface area contributed by atoms with Gasteiger partial charge >= 0.3 is 12.0 Å². The molecule has 0 aliphatic carbocycles. The van der Waals surface area contributed by atoms with E-state index < -0.39 is 23.9 Å². The van der Waals surface area contributed by atoms with Crippen molar-refractivity contribution in [3.05, 3.63) is 29.6 Å². The van der Waals surface area contributed by atoms with Crippen LogP contribution in [0.15, 0.2) is 18.2 Å². The summed E-state index contributed by atoms with van der Waals surface area (Å²) in [6.07, 6.45) is 4.80. The molecule has 1 rings (SSSR count). The number of aliphatic carboxylic acids is 1. The van der Waals surface area contributed by atoms with Crippen LogP contribution in [0.25, 0.3) is 0 Å². The summed E-state index contributed by atoms with van der Waals surface area (Å²) in [5.41, 5.74) is -0.0137. The van der Waals surface area contributed by atoms with Crippen molar-refractivity contribution in [1.29, 1.82) is 5.26 Å². The molecular weight excluding hydrogens is 265 g/mol. The largest absolute Gasteiger partial charge is 0.480 e. The molecule has 0 heterocycles. The van der Waals surface area contributed by atoms with Crippen LogP contribution in [0.2, 0.25) is 0 Å². The highest BCUT2D eigenvalue weighted by Gasteiger charge is 2.19. The number of nitrogens with one attached hydrogen (secondary N) is 2. The van der Waals surface area contributed by atoms with Crippen molar-refractivity contribution in [2.45, 2.75) is 12.5 Å². The summed E-state index contributed by atoms with van der Waals surface area (Å²) in [5, 5.41) is 22.0. The Kier molecular flexibility index (Phi) is 5.07. The van der Waals surface area contributed by atoms with E-state index in [0.717, 1.165) is 12.1 Å². The molecule has 102 valence electrons. The lowest BCUT2D eigenvalue weighted by atomic mass is 10.2. The maximum absolute atomic E-state index is 12.9. The summed E-state index contributed by atoms with van der Waals surface area (Å²) in [7, 11) is 0. The number of amides is 2. The standard InChI is InChI=1S/C13H10FN3O3/c1-2-3-11(12(18)19)17-13(20)16-10-5-4-9(14)6-8(10)7-15/h1,4-6,11H,3H2,(H,18,19)(H2,16,17,20). The molecule has 0 aromatic heterocycles. The maximum Gasteiger partial charge on any atom is 0.327 e. The van der Waals surface area contributed by atoms with Gasteiger partial charge in [-0.25, -0.2) is 14.0 Å². The molecule has 1 aromatic rings. The van der Waals surface area contributed by atoms with E-state index in [-0.39, 0.29) is 17.7 Å². The Labute approximate surface area is 114 Å². The van der Waals surface area contributed by atoms with E-state index in [4.69, 9.17) is 16.8 Å². The number of nitrogens with zero attached hydrogens (tertiary/aromatic N) is 1. The molecule has 6 nitrogen and oxygen atoms in total. The number of anilines is 1. The molecule has 0 aliphatic heterocycles. The summed E-state index contributed by atoms with van der Waals surface area (Å²) in [5.74, 6) is 0.221. The fraction of sp³-hybridized carbons (Fsp3) is 0.154. The number of carbonyl (C=O) groups is 2. The predicted molar refractivity (Wildman–Crippen MR) is 68.1 cm³/mol. The van der Waals surface area contributed by atoms with Crippen molar-refractivity contribution in [3.8, 4) is 18.4 Å². The van der Waals surface area contributed by atoms with E-state index >= 15 is 0 Å². The fourth-order valence-electron chi connectivity index (χ4n) is 1.35. The number of hydrogen-bond acceptors (Lipinski definition) is 3. The van der Waals surface area contributed by atoms with Gasteiger partial charge in [0.25, 0.3) is 0 Å².